The second-order valence-electron chi connectivity index (χ2n) is 16.8. The van der Waals surface area contributed by atoms with Gasteiger partial charge in [0.1, 0.15) is 12.5 Å². The average molecular weight is 888 g/mol. The summed E-state index contributed by atoms with van der Waals surface area (Å²) in [5, 5.41) is 0. The van der Waals surface area contributed by atoms with E-state index in [0.29, 0.717) is 0 Å². The average Bonchev–Trinajstić information content (AvgIpc) is 3.18. The molecule has 0 aromatic heterocycles. The molecule has 0 atom stereocenters. The number of rotatable bonds is 46. The second-order valence-corrected chi connectivity index (χ2v) is 18.8. The van der Waals surface area contributed by atoms with Crippen molar-refractivity contribution in [1.82, 2.24) is 0 Å². The topological polar surface area (TPSA) is 133 Å². The van der Waals surface area contributed by atoms with Crippen LogP contribution < -0.4 is 0 Å². The molecule has 8 nitrogen and oxygen atoms in total. The molecule has 0 aromatic rings. The Labute approximate surface area is 384 Å². The monoisotopic (exact) mass is 887 g/mol. The molecule has 0 saturated carbocycles. The van der Waals surface area contributed by atoms with Crippen molar-refractivity contribution in [2.45, 2.75) is 284 Å². The largest absolute Gasteiger partial charge is 2.00 e. The SMILES string of the molecule is CCCCCCCCCCCCCCCCCCCCCC/C=C/OS(=O)(=O)[O-].CCCCCCCCCCCCCCCCCCCCCC/C=C/OS(=O)(=O)[O-].[Mg+2]. The normalized spacial score (nSPS) is 11.9. The zero-order valence-corrected chi connectivity index (χ0v) is 41.8. The first-order valence-electron chi connectivity index (χ1n) is 24.7. The van der Waals surface area contributed by atoms with Gasteiger partial charge in [-0.2, -0.15) is 0 Å². The first kappa shape index (κ1) is 63.0. The molecule has 0 saturated heterocycles. The van der Waals surface area contributed by atoms with Crippen molar-refractivity contribution in [3.63, 3.8) is 0 Å². The molecule has 0 spiro atoms. The van der Waals surface area contributed by atoms with Gasteiger partial charge in [-0.15, -0.1) is 0 Å². The summed E-state index contributed by atoms with van der Waals surface area (Å²) in [4.78, 5) is 0. The van der Waals surface area contributed by atoms with E-state index in [1.807, 2.05) is 0 Å². The van der Waals surface area contributed by atoms with Gasteiger partial charge in [0.2, 0.25) is 0 Å². The summed E-state index contributed by atoms with van der Waals surface area (Å²) in [7, 11) is -9.18. The molecule has 348 valence electrons. The molecule has 0 aliphatic carbocycles. The fourth-order valence-electron chi connectivity index (χ4n) is 7.39. The van der Waals surface area contributed by atoms with Crippen molar-refractivity contribution >= 4 is 43.9 Å². The van der Waals surface area contributed by atoms with Crippen LogP contribution in [-0.2, 0) is 29.2 Å². The van der Waals surface area contributed by atoms with Crippen molar-refractivity contribution < 1.29 is 34.3 Å². The number of unbranched alkanes of at least 4 members (excludes halogenated alkanes) is 40. The molecule has 0 heterocycles. The number of hydrogen-bond acceptors (Lipinski definition) is 8. The van der Waals surface area contributed by atoms with Crippen molar-refractivity contribution in [1.29, 1.82) is 0 Å². The molecule has 0 bridgehead atoms. The molecule has 11 heteroatoms. The van der Waals surface area contributed by atoms with Crippen molar-refractivity contribution in [3.8, 4) is 0 Å². The summed E-state index contributed by atoms with van der Waals surface area (Å²) in [6.07, 6.45) is 61.1. The van der Waals surface area contributed by atoms with Crippen LogP contribution in [0.4, 0.5) is 0 Å². The van der Waals surface area contributed by atoms with Gasteiger partial charge in [0, 0.05) is 0 Å². The molecular formula is C48H94MgO8S2. The minimum atomic E-state index is -4.59. The van der Waals surface area contributed by atoms with Crippen molar-refractivity contribution in [2.24, 2.45) is 0 Å². The summed E-state index contributed by atoms with van der Waals surface area (Å²) in [5.74, 6) is 0. The second kappa shape index (κ2) is 52.0. The first-order chi connectivity index (χ1) is 28.1. The minimum absolute atomic E-state index is 0. The van der Waals surface area contributed by atoms with E-state index < -0.39 is 20.8 Å². The van der Waals surface area contributed by atoms with Gasteiger partial charge in [0.05, 0.1) is 0 Å². The van der Waals surface area contributed by atoms with Gasteiger partial charge in [-0.05, 0) is 37.8 Å². The van der Waals surface area contributed by atoms with Crippen LogP contribution in [0.15, 0.2) is 24.7 Å². The molecular weight excluding hydrogens is 793 g/mol. The Bertz CT molecular complexity index is 983. The third-order valence-electron chi connectivity index (χ3n) is 11.0. The Balaban J connectivity index is -0.00000105. The maximum absolute atomic E-state index is 10.2. The predicted octanol–water partition coefficient (Wildman–Crippen LogP) is 16.0. The van der Waals surface area contributed by atoms with Crippen LogP contribution in [0.3, 0.4) is 0 Å². The Morgan fingerprint density at radius 2 is 0.458 bits per heavy atom. The summed E-state index contributed by atoms with van der Waals surface area (Å²) >= 11 is 0. The summed E-state index contributed by atoms with van der Waals surface area (Å²) in [6.45, 7) is 4.56. The molecule has 0 radical (unpaired) electrons. The van der Waals surface area contributed by atoms with E-state index in [4.69, 9.17) is 0 Å². The zero-order valence-electron chi connectivity index (χ0n) is 38.8. The molecule has 0 aromatic carbocycles. The molecule has 59 heavy (non-hydrogen) atoms. The van der Waals surface area contributed by atoms with Gasteiger partial charge in [0.25, 0.3) is 20.8 Å². The third kappa shape index (κ3) is 66.9. The Morgan fingerprint density at radius 1 is 0.305 bits per heavy atom. The first-order valence-corrected chi connectivity index (χ1v) is 27.4. The number of hydrogen-bond donors (Lipinski definition) is 0. The van der Waals surface area contributed by atoms with Crippen LogP contribution in [-0.4, -0.2) is 49.0 Å². The molecule has 0 aliphatic rings. The molecule has 0 rings (SSSR count). The summed E-state index contributed by atoms with van der Waals surface area (Å²) < 4.78 is 69.3. The fraction of sp³-hybridized carbons (Fsp3) is 0.917. The van der Waals surface area contributed by atoms with Gasteiger partial charge >= 0.3 is 23.1 Å². The van der Waals surface area contributed by atoms with Gasteiger partial charge in [-0.3, -0.25) is 0 Å². The van der Waals surface area contributed by atoms with E-state index in [1.54, 1.807) is 12.2 Å². The maximum atomic E-state index is 10.2. The van der Waals surface area contributed by atoms with Crippen LogP contribution in [0.1, 0.15) is 284 Å². The van der Waals surface area contributed by atoms with Crippen LogP contribution in [0.25, 0.3) is 0 Å². The standard InChI is InChI=1S/2C24H48O4S.Mg/c2*1-2-3-4-5-6-7-8-9-10-11-12-13-14-15-16-17-18-19-20-21-22-23-24-28-29(25,26)27;/h2*23-24H,2-22H2,1H3,(H,25,26,27);/q;;+2/p-2/b2*24-23+;. The summed E-state index contributed by atoms with van der Waals surface area (Å²) in [5.41, 5.74) is 0. The minimum Gasteiger partial charge on any atom is -0.716 e. The van der Waals surface area contributed by atoms with E-state index in [0.717, 1.165) is 51.0 Å². The van der Waals surface area contributed by atoms with E-state index in [1.165, 1.54) is 231 Å². The Hall–Kier alpha value is -0.334. The van der Waals surface area contributed by atoms with Gasteiger partial charge < -0.3 is 17.5 Å². The van der Waals surface area contributed by atoms with E-state index >= 15 is 0 Å². The molecule has 0 aliphatic heterocycles. The van der Waals surface area contributed by atoms with E-state index in [9.17, 15) is 25.9 Å². The van der Waals surface area contributed by atoms with E-state index in [-0.39, 0.29) is 23.1 Å². The van der Waals surface area contributed by atoms with Crippen LogP contribution >= 0.6 is 0 Å². The van der Waals surface area contributed by atoms with Crippen LogP contribution in [0, 0.1) is 0 Å². The third-order valence-corrected chi connectivity index (χ3v) is 11.7. The molecule has 0 amide bonds. The molecule has 0 unspecified atom stereocenters. The van der Waals surface area contributed by atoms with Gasteiger partial charge in [-0.25, -0.2) is 16.8 Å². The zero-order chi connectivity index (χ0) is 42.9. The predicted molar refractivity (Wildman–Crippen MR) is 251 cm³/mol. The van der Waals surface area contributed by atoms with Crippen LogP contribution in [0.5, 0.6) is 0 Å². The van der Waals surface area contributed by atoms with Gasteiger partial charge in [-0.1, -0.05) is 258 Å². The smallest absolute Gasteiger partial charge is 0.716 e. The van der Waals surface area contributed by atoms with Crippen molar-refractivity contribution in [2.75, 3.05) is 0 Å². The number of allylic oxidation sites excluding steroid dienone is 2. The Kier molecular flexibility index (Phi) is 55.5. The van der Waals surface area contributed by atoms with Gasteiger partial charge in [0.15, 0.2) is 0 Å². The van der Waals surface area contributed by atoms with Crippen molar-refractivity contribution in [3.05, 3.63) is 24.7 Å². The molecule has 0 fully saturated rings. The van der Waals surface area contributed by atoms with Crippen LogP contribution in [0.2, 0.25) is 0 Å². The fourth-order valence-corrected chi connectivity index (χ4v) is 7.81. The maximum Gasteiger partial charge on any atom is 2.00 e. The molecule has 0 N–H and O–H groups in total. The Morgan fingerprint density at radius 3 is 0.610 bits per heavy atom. The summed E-state index contributed by atoms with van der Waals surface area (Å²) in [6, 6.07) is 0. The van der Waals surface area contributed by atoms with E-state index in [2.05, 4.69) is 22.2 Å². The quantitative estimate of drug-likeness (QED) is 0.0194.